The molecule has 0 saturated carbocycles. The van der Waals surface area contributed by atoms with Crippen molar-refractivity contribution in [2.24, 2.45) is 0 Å². The van der Waals surface area contributed by atoms with Gasteiger partial charge < -0.3 is 14.8 Å². The van der Waals surface area contributed by atoms with Crippen molar-refractivity contribution >= 4 is 6.09 Å². The summed E-state index contributed by atoms with van der Waals surface area (Å²) in [7, 11) is 1.64. The van der Waals surface area contributed by atoms with Crippen molar-refractivity contribution in [3.8, 4) is 5.75 Å². The van der Waals surface area contributed by atoms with Crippen LogP contribution in [0, 0.1) is 0 Å². The maximum Gasteiger partial charge on any atom is 0.407 e. The zero-order valence-corrected chi connectivity index (χ0v) is 12.9. The molecule has 2 aromatic rings. The molecular weight excluding hydrogens is 278 g/mol. The van der Waals surface area contributed by atoms with Crippen LogP contribution in [0.1, 0.15) is 18.1 Å². The number of hydrogen-bond acceptors (Lipinski definition) is 3. The van der Waals surface area contributed by atoms with Crippen LogP contribution >= 0.6 is 0 Å². The number of carbonyl (C=O) groups is 1. The van der Waals surface area contributed by atoms with Crippen LogP contribution in [0.25, 0.3) is 0 Å². The molecule has 0 aliphatic heterocycles. The molecular formula is C18H21NO3. The van der Waals surface area contributed by atoms with Crippen LogP contribution < -0.4 is 10.1 Å². The first-order valence-corrected chi connectivity index (χ1v) is 7.27. The summed E-state index contributed by atoms with van der Waals surface area (Å²) < 4.78 is 10.3. The lowest BCUT2D eigenvalue weighted by molar-refractivity contribution is 0.136. The Labute approximate surface area is 131 Å². The third-order valence-electron chi connectivity index (χ3n) is 3.28. The molecule has 1 amide bonds. The Morgan fingerprint density at radius 2 is 1.73 bits per heavy atom. The molecule has 2 aromatic carbocycles. The second kappa shape index (κ2) is 8.08. The number of nitrogens with one attached hydrogen (secondary N) is 1. The minimum atomic E-state index is -0.398. The Bertz CT molecular complexity index is 581. The molecule has 0 aliphatic rings. The summed E-state index contributed by atoms with van der Waals surface area (Å²) in [5.41, 5.74) is 2.11. The number of methoxy groups -OCH3 is 1. The van der Waals surface area contributed by atoms with E-state index in [0.29, 0.717) is 0 Å². The minimum Gasteiger partial charge on any atom is -0.497 e. The van der Waals surface area contributed by atoms with Crippen molar-refractivity contribution in [1.82, 2.24) is 5.32 Å². The fraction of sp³-hybridized carbons (Fsp3) is 0.278. The summed E-state index contributed by atoms with van der Waals surface area (Å²) in [5.74, 6) is 0.826. The van der Waals surface area contributed by atoms with Gasteiger partial charge in [-0.05, 0) is 36.6 Å². The van der Waals surface area contributed by atoms with Crippen LogP contribution in [0.4, 0.5) is 4.79 Å². The molecule has 116 valence electrons. The van der Waals surface area contributed by atoms with E-state index in [-0.39, 0.29) is 12.6 Å². The molecule has 4 heteroatoms. The quantitative estimate of drug-likeness (QED) is 0.887. The summed E-state index contributed by atoms with van der Waals surface area (Å²) >= 11 is 0. The maximum atomic E-state index is 11.8. The standard InChI is InChI=1S/C18H21NO3/c1-14(12-15-8-10-17(21-2)11-9-15)19-18(20)22-13-16-6-4-3-5-7-16/h3-11,14H,12-13H2,1-2H3,(H,19,20)/t14-/m1/s1. The van der Waals surface area contributed by atoms with Crippen LogP contribution in [0.2, 0.25) is 0 Å². The van der Waals surface area contributed by atoms with Gasteiger partial charge in [0.25, 0.3) is 0 Å². The molecule has 0 saturated heterocycles. The summed E-state index contributed by atoms with van der Waals surface area (Å²) in [6.07, 6.45) is 0.342. The molecule has 0 aliphatic carbocycles. The Balaban J connectivity index is 1.75. The van der Waals surface area contributed by atoms with Gasteiger partial charge in [-0.2, -0.15) is 0 Å². The summed E-state index contributed by atoms with van der Waals surface area (Å²) in [6.45, 7) is 2.23. The normalized spacial score (nSPS) is 11.5. The highest BCUT2D eigenvalue weighted by molar-refractivity contribution is 5.67. The number of benzene rings is 2. The first-order valence-electron chi connectivity index (χ1n) is 7.27. The second-order valence-corrected chi connectivity index (χ2v) is 5.16. The molecule has 0 unspecified atom stereocenters. The van der Waals surface area contributed by atoms with E-state index in [4.69, 9.17) is 9.47 Å². The van der Waals surface area contributed by atoms with E-state index in [0.717, 1.165) is 23.3 Å². The van der Waals surface area contributed by atoms with Crippen molar-refractivity contribution in [2.75, 3.05) is 7.11 Å². The monoisotopic (exact) mass is 299 g/mol. The van der Waals surface area contributed by atoms with Gasteiger partial charge >= 0.3 is 6.09 Å². The van der Waals surface area contributed by atoms with Crippen LogP contribution in [-0.4, -0.2) is 19.2 Å². The maximum absolute atomic E-state index is 11.8. The van der Waals surface area contributed by atoms with Gasteiger partial charge in [-0.3, -0.25) is 0 Å². The second-order valence-electron chi connectivity index (χ2n) is 5.16. The topological polar surface area (TPSA) is 47.6 Å². The van der Waals surface area contributed by atoms with Gasteiger partial charge in [0.2, 0.25) is 0 Å². The number of carbonyl (C=O) groups excluding carboxylic acids is 1. The van der Waals surface area contributed by atoms with Crippen LogP contribution in [-0.2, 0) is 17.8 Å². The van der Waals surface area contributed by atoms with E-state index in [1.165, 1.54) is 0 Å². The average Bonchev–Trinajstić information content (AvgIpc) is 2.54. The highest BCUT2D eigenvalue weighted by Crippen LogP contribution is 2.12. The fourth-order valence-corrected chi connectivity index (χ4v) is 2.13. The number of hydrogen-bond donors (Lipinski definition) is 1. The zero-order valence-electron chi connectivity index (χ0n) is 12.9. The highest BCUT2D eigenvalue weighted by atomic mass is 16.5. The lowest BCUT2D eigenvalue weighted by Gasteiger charge is -2.14. The van der Waals surface area contributed by atoms with Gasteiger partial charge in [0, 0.05) is 6.04 Å². The Hall–Kier alpha value is -2.49. The van der Waals surface area contributed by atoms with E-state index in [9.17, 15) is 4.79 Å². The molecule has 4 nitrogen and oxygen atoms in total. The predicted molar refractivity (Wildman–Crippen MR) is 85.9 cm³/mol. The highest BCUT2D eigenvalue weighted by Gasteiger charge is 2.09. The van der Waals surface area contributed by atoms with Crippen molar-refractivity contribution in [2.45, 2.75) is 26.0 Å². The first kappa shape index (κ1) is 15.9. The molecule has 0 spiro atoms. The third-order valence-corrected chi connectivity index (χ3v) is 3.28. The number of ether oxygens (including phenoxy) is 2. The van der Waals surface area contributed by atoms with Gasteiger partial charge in [0.15, 0.2) is 0 Å². The minimum absolute atomic E-state index is 0.00308. The van der Waals surface area contributed by atoms with Crippen molar-refractivity contribution < 1.29 is 14.3 Å². The van der Waals surface area contributed by atoms with Crippen LogP contribution in [0.3, 0.4) is 0 Å². The number of rotatable bonds is 6. The number of alkyl carbamates (subject to hydrolysis) is 1. The summed E-state index contributed by atoms with van der Waals surface area (Å²) in [4.78, 5) is 11.8. The van der Waals surface area contributed by atoms with Gasteiger partial charge in [0.1, 0.15) is 12.4 Å². The third kappa shape index (κ3) is 5.13. The molecule has 0 aromatic heterocycles. The number of amides is 1. The SMILES string of the molecule is COc1ccc(C[C@@H](C)NC(=O)OCc2ccccc2)cc1. The van der Waals surface area contributed by atoms with E-state index in [1.54, 1.807) is 7.11 Å². The first-order chi connectivity index (χ1) is 10.7. The van der Waals surface area contributed by atoms with Gasteiger partial charge in [-0.15, -0.1) is 0 Å². The van der Waals surface area contributed by atoms with E-state index in [2.05, 4.69) is 5.32 Å². The molecule has 1 N–H and O–H groups in total. The zero-order chi connectivity index (χ0) is 15.8. The Morgan fingerprint density at radius 3 is 2.36 bits per heavy atom. The molecule has 0 radical (unpaired) electrons. The van der Waals surface area contributed by atoms with Crippen molar-refractivity contribution in [3.63, 3.8) is 0 Å². The average molecular weight is 299 g/mol. The molecule has 22 heavy (non-hydrogen) atoms. The molecule has 0 bridgehead atoms. The molecule has 2 rings (SSSR count). The van der Waals surface area contributed by atoms with Crippen molar-refractivity contribution in [1.29, 1.82) is 0 Å². The molecule has 1 atom stereocenters. The smallest absolute Gasteiger partial charge is 0.407 e. The Morgan fingerprint density at radius 1 is 1.05 bits per heavy atom. The van der Waals surface area contributed by atoms with Crippen LogP contribution in [0.5, 0.6) is 5.75 Å². The molecule has 0 heterocycles. The summed E-state index contributed by atoms with van der Waals surface area (Å²) in [5, 5.41) is 2.83. The van der Waals surface area contributed by atoms with E-state index < -0.39 is 6.09 Å². The van der Waals surface area contributed by atoms with E-state index in [1.807, 2.05) is 61.5 Å². The van der Waals surface area contributed by atoms with Crippen molar-refractivity contribution in [3.05, 3.63) is 65.7 Å². The lowest BCUT2D eigenvalue weighted by Crippen LogP contribution is -2.34. The Kier molecular flexibility index (Phi) is 5.83. The van der Waals surface area contributed by atoms with Crippen LogP contribution in [0.15, 0.2) is 54.6 Å². The molecule has 0 fully saturated rings. The summed E-state index contributed by atoms with van der Waals surface area (Å²) in [6, 6.07) is 17.4. The largest absolute Gasteiger partial charge is 0.497 e. The fourth-order valence-electron chi connectivity index (χ4n) is 2.13. The van der Waals surface area contributed by atoms with Gasteiger partial charge in [-0.1, -0.05) is 42.5 Å². The van der Waals surface area contributed by atoms with Gasteiger partial charge in [-0.25, -0.2) is 4.79 Å². The lowest BCUT2D eigenvalue weighted by atomic mass is 10.1. The predicted octanol–water partition coefficient (Wildman–Crippen LogP) is 3.55. The van der Waals surface area contributed by atoms with E-state index >= 15 is 0 Å². The van der Waals surface area contributed by atoms with Gasteiger partial charge in [0.05, 0.1) is 7.11 Å².